The SMILES string of the molecule is CC(C)(C)c1csc(NS(=O)(=O)CCOCc2ccccc2)n1. The summed E-state index contributed by atoms with van der Waals surface area (Å²) in [4.78, 5) is 4.33. The van der Waals surface area contributed by atoms with Crippen LogP contribution in [0.5, 0.6) is 0 Å². The molecule has 2 aromatic rings. The Balaban J connectivity index is 1.81. The molecule has 0 unspecified atom stereocenters. The van der Waals surface area contributed by atoms with Crippen molar-refractivity contribution >= 4 is 26.5 Å². The van der Waals surface area contributed by atoms with E-state index in [4.69, 9.17) is 4.74 Å². The van der Waals surface area contributed by atoms with E-state index in [1.807, 2.05) is 56.5 Å². The van der Waals surface area contributed by atoms with E-state index in [9.17, 15) is 8.42 Å². The van der Waals surface area contributed by atoms with E-state index in [2.05, 4.69) is 9.71 Å². The van der Waals surface area contributed by atoms with Crippen LogP contribution in [0.15, 0.2) is 35.7 Å². The van der Waals surface area contributed by atoms with E-state index >= 15 is 0 Å². The standard InChI is InChI=1S/C16H22N2O3S2/c1-16(2,3)14-12-22-15(17-14)18-23(19,20)10-9-21-11-13-7-5-4-6-8-13/h4-8,12H,9-11H2,1-3H3,(H,17,18). The number of sulfonamides is 1. The second kappa shape index (κ2) is 7.42. The summed E-state index contributed by atoms with van der Waals surface area (Å²) in [5.41, 5.74) is 1.80. The Morgan fingerprint density at radius 1 is 1.22 bits per heavy atom. The van der Waals surface area contributed by atoms with Crippen molar-refractivity contribution in [3.8, 4) is 0 Å². The van der Waals surface area contributed by atoms with Crippen molar-refractivity contribution in [1.82, 2.24) is 4.98 Å². The molecule has 0 amide bonds. The molecule has 0 radical (unpaired) electrons. The van der Waals surface area contributed by atoms with Gasteiger partial charge in [0.1, 0.15) is 0 Å². The minimum Gasteiger partial charge on any atom is -0.376 e. The van der Waals surface area contributed by atoms with E-state index in [1.54, 1.807) is 0 Å². The van der Waals surface area contributed by atoms with Gasteiger partial charge in [0.15, 0.2) is 5.13 Å². The number of hydrogen-bond donors (Lipinski definition) is 1. The molecule has 0 aliphatic heterocycles. The first-order valence-corrected chi connectivity index (χ1v) is 9.88. The molecular weight excluding hydrogens is 332 g/mol. The lowest BCUT2D eigenvalue weighted by Gasteiger charge is -2.14. The van der Waals surface area contributed by atoms with Gasteiger partial charge in [0.25, 0.3) is 0 Å². The molecule has 0 bridgehead atoms. The molecule has 0 saturated heterocycles. The molecule has 0 aliphatic carbocycles. The Kier molecular flexibility index (Phi) is 5.78. The zero-order valence-corrected chi connectivity index (χ0v) is 15.2. The van der Waals surface area contributed by atoms with Crippen molar-refractivity contribution in [2.75, 3.05) is 17.1 Å². The van der Waals surface area contributed by atoms with E-state index in [0.29, 0.717) is 11.7 Å². The van der Waals surface area contributed by atoms with E-state index in [1.165, 1.54) is 11.3 Å². The van der Waals surface area contributed by atoms with Gasteiger partial charge < -0.3 is 4.74 Å². The van der Waals surface area contributed by atoms with Crippen molar-refractivity contribution in [3.05, 3.63) is 47.0 Å². The number of nitrogens with one attached hydrogen (secondary N) is 1. The summed E-state index contributed by atoms with van der Waals surface area (Å²) >= 11 is 1.30. The highest BCUT2D eigenvalue weighted by Crippen LogP contribution is 2.26. The van der Waals surface area contributed by atoms with Crippen molar-refractivity contribution in [2.24, 2.45) is 0 Å². The number of nitrogens with zero attached hydrogens (tertiary/aromatic N) is 1. The summed E-state index contributed by atoms with van der Waals surface area (Å²) in [7, 11) is -3.45. The molecule has 2 rings (SSSR count). The average Bonchev–Trinajstić information content (AvgIpc) is 2.93. The van der Waals surface area contributed by atoms with Crippen LogP contribution in [0.2, 0.25) is 0 Å². The van der Waals surface area contributed by atoms with Crippen LogP contribution in [0.25, 0.3) is 0 Å². The summed E-state index contributed by atoms with van der Waals surface area (Å²) in [6.07, 6.45) is 0. The Bertz CT molecular complexity index is 719. The highest BCUT2D eigenvalue weighted by atomic mass is 32.2. The Hall–Kier alpha value is -1.44. The van der Waals surface area contributed by atoms with Gasteiger partial charge >= 0.3 is 0 Å². The molecule has 1 aromatic heterocycles. The molecule has 23 heavy (non-hydrogen) atoms. The van der Waals surface area contributed by atoms with Gasteiger partial charge in [-0.2, -0.15) is 0 Å². The molecule has 7 heteroatoms. The average molecular weight is 354 g/mol. The smallest absolute Gasteiger partial charge is 0.236 e. The first kappa shape index (κ1) is 17.9. The maximum Gasteiger partial charge on any atom is 0.236 e. The van der Waals surface area contributed by atoms with Gasteiger partial charge in [0.2, 0.25) is 10.0 Å². The monoisotopic (exact) mass is 354 g/mol. The molecular formula is C16H22N2O3S2. The summed E-state index contributed by atoms with van der Waals surface area (Å²) in [5, 5.41) is 2.28. The molecule has 0 spiro atoms. The Labute approximate surface area is 141 Å². The minimum absolute atomic E-state index is 0.0930. The predicted octanol–water partition coefficient (Wildman–Crippen LogP) is 3.40. The fraction of sp³-hybridized carbons (Fsp3) is 0.438. The summed E-state index contributed by atoms with van der Waals surface area (Å²) in [6, 6.07) is 9.66. The fourth-order valence-corrected chi connectivity index (χ4v) is 3.89. The highest BCUT2D eigenvalue weighted by Gasteiger charge is 2.19. The lowest BCUT2D eigenvalue weighted by atomic mass is 9.93. The number of aromatic nitrogens is 1. The zero-order chi connectivity index (χ0) is 16.9. The summed E-state index contributed by atoms with van der Waals surface area (Å²) in [6.45, 7) is 6.66. The fourth-order valence-electron chi connectivity index (χ4n) is 1.78. The van der Waals surface area contributed by atoms with E-state index in [0.717, 1.165) is 11.3 Å². The number of ether oxygens (including phenoxy) is 1. The van der Waals surface area contributed by atoms with Crippen molar-refractivity contribution in [3.63, 3.8) is 0 Å². The van der Waals surface area contributed by atoms with Gasteiger partial charge in [-0.3, -0.25) is 4.72 Å². The van der Waals surface area contributed by atoms with Crippen LogP contribution in [-0.2, 0) is 26.8 Å². The van der Waals surface area contributed by atoms with Crippen LogP contribution in [0, 0.1) is 0 Å². The maximum atomic E-state index is 12.0. The number of hydrogen-bond acceptors (Lipinski definition) is 5. The molecule has 0 saturated carbocycles. The van der Waals surface area contributed by atoms with Crippen molar-refractivity contribution in [1.29, 1.82) is 0 Å². The van der Waals surface area contributed by atoms with Gasteiger partial charge in [0, 0.05) is 10.8 Å². The minimum atomic E-state index is -3.45. The van der Waals surface area contributed by atoms with Gasteiger partial charge in [-0.25, -0.2) is 13.4 Å². The normalized spacial score (nSPS) is 12.3. The van der Waals surface area contributed by atoms with Gasteiger partial charge in [0.05, 0.1) is 24.7 Å². The first-order chi connectivity index (χ1) is 10.8. The molecule has 0 atom stereocenters. The number of thiazole rings is 1. The molecule has 0 fully saturated rings. The highest BCUT2D eigenvalue weighted by molar-refractivity contribution is 7.92. The summed E-state index contributed by atoms with van der Waals surface area (Å²) in [5.74, 6) is -0.0930. The van der Waals surface area contributed by atoms with Crippen LogP contribution in [0.1, 0.15) is 32.0 Å². The van der Waals surface area contributed by atoms with Crippen molar-refractivity contribution < 1.29 is 13.2 Å². The van der Waals surface area contributed by atoms with Crippen LogP contribution in [-0.4, -0.2) is 25.8 Å². The second-order valence-corrected chi connectivity index (χ2v) is 8.95. The molecule has 5 nitrogen and oxygen atoms in total. The third kappa shape index (κ3) is 5.93. The third-order valence-electron chi connectivity index (χ3n) is 3.12. The molecule has 1 aromatic carbocycles. The maximum absolute atomic E-state index is 12.0. The lowest BCUT2D eigenvalue weighted by Crippen LogP contribution is -2.20. The lowest BCUT2D eigenvalue weighted by molar-refractivity contribution is 0.135. The van der Waals surface area contributed by atoms with Crippen LogP contribution in [0.4, 0.5) is 5.13 Å². The van der Waals surface area contributed by atoms with Crippen LogP contribution < -0.4 is 4.72 Å². The first-order valence-electron chi connectivity index (χ1n) is 7.34. The largest absolute Gasteiger partial charge is 0.376 e. The molecule has 1 N–H and O–H groups in total. The second-order valence-electron chi connectivity index (χ2n) is 6.25. The van der Waals surface area contributed by atoms with Crippen LogP contribution in [0.3, 0.4) is 0 Å². The topological polar surface area (TPSA) is 68.3 Å². The number of anilines is 1. The third-order valence-corrected chi connectivity index (χ3v) is 5.22. The number of rotatable bonds is 7. The zero-order valence-electron chi connectivity index (χ0n) is 13.6. The van der Waals surface area contributed by atoms with Crippen molar-refractivity contribution in [2.45, 2.75) is 32.8 Å². The quantitative estimate of drug-likeness (QED) is 0.774. The number of benzene rings is 1. The van der Waals surface area contributed by atoms with Gasteiger partial charge in [-0.1, -0.05) is 51.1 Å². The molecule has 1 heterocycles. The Morgan fingerprint density at radius 2 is 1.91 bits per heavy atom. The van der Waals surface area contributed by atoms with Gasteiger partial charge in [-0.15, -0.1) is 11.3 Å². The molecule has 0 aliphatic rings. The predicted molar refractivity (Wildman–Crippen MR) is 94.3 cm³/mol. The van der Waals surface area contributed by atoms with E-state index < -0.39 is 10.0 Å². The Morgan fingerprint density at radius 3 is 2.52 bits per heavy atom. The summed E-state index contributed by atoms with van der Waals surface area (Å²) < 4.78 is 32.0. The van der Waals surface area contributed by atoms with Crippen LogP contribution >= 0.6 is 11.3 Å². The van der Waals surface area contributed by atoms with E-state index in [-0.39, 0.29) is 17.8 Å². The van der Waals surface area contributed by atoms with Gasteiger partial charge in [-0.05, 0) is 5.56 Å². The molecule has 126 valence electrons.